The molecule has 1 rings (SSSR count). The molecule has 0 aliphatic heterocycles. The van der Waals surface area contributed by atoms with Crippen molar-refractivity contribution in [2.24, 2.45) is 0 Å². The van der Waals surface area contributed by atoms with Crippen molar-refractivity contribution in [1.82, 2.24) is 5.32 Å². The van der Waals surface area contributed by atoms with Gasteiger partial charge in [-0.25, -0.2) is 0 Å². The second-order valence-corrected chi connectivity index (χ2v) is 5.80. The number of methoxy groups -OCH3 is 1. The van der Waals surface area contributed by atoms with Crippen LogP contribution in [0.1, 0.15) is 50.4 Å². The summed E-state index contributed by atoms with van der Waals surface area (Å²) in [6.45, 7) is 5.81. The van der Waals surface area contributed by atoms with Gasteiger partial charge in [-0.05, 0) is 51.5 Å². The molecule has 0 saturated heterocycles. The number of hydrogen-bond acceptors (Lipinski definition) is 3. The fourth-order valence-corrected chi connectivity index (χ4v) is 1.81. The van der Waals surface area contributed by atoms with Crippen molar-refractivity contribution >= 4 is 11.7 Å². The van der Waals surface area contributed by atoms with Gasteiger partial charge >= 0.3 is 0 Å². The van der Waals surface area contributed by atoms with Gasteiger partial charge in [0, 0.05) is 23.9 Å². The molecule has 0 radical (unpaired) electrons. The zero-order valence-electron chi connectivity index (χ0n) is 12.7. The summed E-state index contributed by atoms with van der Waals surface area (Å²) in [7, 11) is 1.59. The van der Waals surface area contributed by atoms with E-state index in [1.807, 2.05) is 20.8 Å². The van der Waals surface area contributed by atoms with E-state index in [1.54, 1.807) is 31.4 Å². The average Bonchev–Trinajstić information content (AvgIpc) is 2.36. The summed E-state index contributed by atoms with van der Waals surface area (Å²) in [6, 6.07) is 7.02. The number of benzene rings is 1. The van der Waals surface area contributed by atoms with Gasteiger partial charge in [-0.15, -0.1) is 0 Å². The monoisotopic (exact) mass is 277 g/mol. The van der Waals surface area contributed by atoms with E-state index in [0.29, 0.717) is 24.8 Å². The van der Waals surface area contributed by atoms with Crippen molar-refractivity contribution in [2.75, 3.05) is 7.11 Å². The number of carbonyl (C=O) groups excluding carboxylic acids is 2. The van der Waals surface area contributed by atoms with Gasteiger partial charge in [0.1, 0.15) is 5.75 Å². The van der Waals surface area contributed by atoms with Crippen LogP contribution in [0.25, 0.3) is 0 Å². The van der Waals surface area contributed by atoms with Crippen molar-refractivity contribution in [1.29, 1.82) is 0 Å². The molecule has 4 nitrogen and oxygen atoms in total. The van der Waals surface area contributed by atoms with E-state index in [4.69, 9.17) is 4.74 Å². The third-order valence-corrected chi connectivity index (χ3v) is 2.73. The summed E-state index contributed by atoms with van der Waals surface area (Å²) in [6.07, 6.45) is 1.32. The van der Waals surface area contributed by atoms with Crippen molar-refractivity contribution in [3.63, 3.8) is 0 Å². The highest BCUT2D eigenvalue weighted by Gasteiger charge is 2.14. The fourth-order valence-electron chi connectivity index (χ4n) is 1.81. The van der Waals surface area contributed by atoms with Crippen LogP contribution in [0, 0.1) is 0 Å². The Morgan fingerprint density at radius 1 is 1.10 bits per heavy atom. The summed E-state index contributed by atoms with van der Waals surface area (Å²) in [5.41, 5.74) is 0.430. The van der Waals surface area contributed by atoms with Gasteiger partial charge in [0.05, 0.1) is 7.11 Å². The molecule has 0 aromatic heterocycles. The Bertz CT molecular complexity index is 458. The fraction of sp³-hybridized carbons (Fsp3) is 0.500. The standard InChI is InChI=1S/C16H23NO3/c1-16(2,3)17-15(19)7-5-6-14(18)12-8-10-13(20-4)11-9-12/h8-11H,5-7H2,1-4H3,(H,17,19). The number of hydrogen-bond donors (Lipinski definition) is 1. The summed E-state index contributed by atoms with van der Waals surface area (Å²) >= 11 is 0. The third kappa shape index (κ3) is 5.87. The van der Waals surface area contributed by atoms with Crippen LogP contribution < -0.4 is 10.1 Å². The number of rotatable bonds is 6. The number of nitrogens with one attached hydrogen (secondary N) is 1. The van der Waals surface area contributed by atoms with Crippen LogP contribution in [0.3, 0.4) is 0 Å². The summed E-state index contributed by atoms with van der Waals surface area (Å²) in [5.74, 6) is 0.766. The van der Waals surface area contributed by atoms with Gasteiger partial charge in [-0.2, -0.15) is 0 Å². The molecule has 0 fully saturated rings. The zero-order valence-corrected chi connectivity index (χ0v) is 12.7. The molecule has 0 saturated carbocycles. The maximum Gasteiger partial charge on any atom is 0.220 e. The largest absolute Gasteiger partial charge is 0.497 e. The normalized spacial score (nSPS) is 11.0. The lowest BCUT2D eigenvalue weighted by Crippen LogP contribution is -2.40. The first-order valence-electron chi connectivity index (χ1n) is 6.80. The van der Waals surface area contributed by atoms with E-state index in [0.717, 1.165) is 5.75 Å². The second kappa shape index (κ2) is 7.08. The van der Waals surface area contributed by atoms with Crippen LogP contribution in [0.15, 0.2) is 24.3 Å². The first-order chi connectivity index (χ1) is 9.31. The molecule has 0 atom stereocenters. The number of ketones is 1. The minimum absolute atomic E-state index is 0.0139. The maximum absolute atomic E-state index is 11.9. The summed E-state index contributed by atoms with van der Waals surface area (Å²) in [4.78, 5) is 23.6. The van der Waals surface area contributed by atoms with Gasteiger partial charge in [-0.1, -0.05) is 0 Å². The molecule has 0 aliphatic carbocycles. The van der Waals surface area contributed by atoms with Crippen molar-refractivity contribution < 1.29 is 14.3 Å². The van der Waals surface area contributed by atoms with Gasteiger partial charge in [0.2, 0.25) is 5.91 Å². The summed E-state index contributed by atoms with van der Waals surface area (Å²) < 4.78 is 5.04. The van der Waals surface area contributed by atoms with Crippen LogP contribution in [-0.2, 0) is 4.79 Å². The minimum atomic E-state index is -0.225. The Morgan fingerprint density at radius 3 is 2.20 bits per heavy atom. The first-order valence-corrected chi connectivity index (χ1v) is 6.80. The van der Waals surface area contributed by atoms with E-state index >= 15 is 0 Å². The van der Waals surface area contributed by atoms with E-state index in [9.17, 15) is 9.59 Å². The molecule has 0 bridgehead atoms. The Hall–Kier alpha value is -1.84. The lowest BCUT2D eigenvalue weighted by molar-refractivity contribution is -0.122. The number of ether oxygens (including phenoxy) is 1. The molecule has 0 spiro atoms. The minimum Gasteiger partial charge on any atom is -0.497 e. The van der Waals surface area contributed by atoms with Gasteiger partial charge in [0.25, 0.3) is 0 Å². The highest BCUT2D eigenvalue weighted by Crippen LogP contribution is 2.14. The first kappa shape index (κ1) is 16.2. The molecule has 1 amide bonds. The Labute approximate surface area is 120 Å². The molecule has 1 aromatic rings. The van der Waals surface area contributed by atoms with Gasteiger partial charge in [0.15, 0.2) is 5.78 Å². The van der Waals surface area contributed by atoms with E-state index in [-0.39, 0.29) is 17.2 Å². The molecule has 1 N–H and O–H groups in total. The Kier molecular flexibility index (Phi) is 5.74. The topological polar surface area (TPSA) is 55.4 Å². The smallest absolute Gasteiger partial charge is 0.220 e. The van der Waals surface area contributed by atoms with E-state index in [1.165, 1.54) is 0 Å². The SMILES string of the molecule is COc1ccc(C(=O)CCCC(=O)NC(C)(C)C)cc1. The third-order valence-electron chi connectivity index (χ3n) is 2.73. The molecule has 0 aliphatic rings. The van der Waals surface area contributed by atoms with Crippen molar-refractivity contribution in [3.05, 3.63) is 29.8 Å². The van der Waals surface area contributed by atoms with Crippen molar-refractivity contribution in [3.8, 4) is 5.75 Å². The highest BCUT2D eigenvalue weighted by molar-refractivity contribution is 5.96. The molecule has 20 heavy (non-hydrogen) atoms. The molecule has 110 valence electrons. The van der Waals surface area contributed by atoms with Gasteiger partial charge < -0.3 is 10.1 Å². The lowest BCUT2D eigenvalue weighted by atomic mass is 10.0. The quantitative estimate of drug-likeness (QED) is 0.813. The summed E-state index contributed by atoms with van der Waals surface area (Å²) in [5, 5.41) is 2.88. The lowest BCUT2D eigenvalue weighted by Gasteiger charge is -2.20. The number of Topliss-reactive ketones (excluding diaryl/α,β-unsaturated/α-hetero) is 1. The highest BCUT2D eigenvalue weighted by atomic mass is 16.5. The molecular weight excluding hydrogens is 254 g/mol. The Morgan fingerprint density at radius 2 is 1.70 bits per heavy atom. The van der Waals surface area contributed by atoms with Crippen LogP contribution in [0.4, 0.5) is 0 Å². The predicted octanol–water partition coefficient (Wildman–Crippen LogP) is 2.96. The van der Waals surface area contributed by atoms with Crippen LogP contribution in [0.5, 0.6) is 5.75 Å². The number of carbonyl (C=O) groups is 2. The van der Waals surface area contributed by atoms with Crippen molar-refractivity contribution in [2.45, 2.75) is 45.6 Å². The van der Waals surface area contributed by atoms with Crippen LogP contribution >= 0.6 is 0 Å². The average molecular weight is 277 g/mol. The van der Waals surface area contributed by atoms with E-state index < -0.39 is 0 Å². The Balaban J connectivity index is 2.38. The molecule has 0 heterocycles. The van der Waals surface area contributed by atoms with Crippen LogP contribution in [-0.4, -0.2) is 24.3 Å². The molecule has 0 unspecified atom stereocenters. The molecule has 1 aromatic carbocycles. The van der Waals surface area contributed by atoms with E-state index in [2.05, 4.69) is 5.32 Å². The zero-order chi connectivity index (χ0) is 15.2. The maximum atomic E-state index is 11.9. The van der Waals surface area contributed by atoms with Crippen LogP contribution in [0.2, 0.25) is 0 Å². The molecular formula is C16H23NO3. The molecule has 4 heteroatoms. The van der Waals surface area contributed by atoms with Gasteiger partial charge in [-0.3, -0.25) is 9.59 Å². The predicted molar refractivity (Wildman–Crippen MR) is 79.1 cm³/mol. The number of amides is 1. The second-order valence-electron chi connectivity index (χ2n) is 5.80.